The number of rotatable bonds is 1. The minimum absolute atomic E-state index is 0.167. The molecule has 2 atom stereocenters. The third-order valence-electron chi connectivity index (χ3n) is 2.83. The predicted octanol–water partition coefficient (Wildman–Crippen LogP) is 1.63. The maximum Gasteiger partial charge on any atom is 0.230 e. The Hall–Kier alpha value is -0.610. The van der Waals surface area contributed by atoms with Gasteiger partial charge in [0.05, 0.1) is 0 Å². The summed E-state index contributed by atoms with van der Waals surface area (Å²) >= 11 is 11.4. The Morgan fingerprint density at radius 2 is 1.57 bits per heavy atom. The summed E-state index contributed by atoms with van der Waals surface area (Å²) in [6.07, 6.45) is 1.35. The highest BCUT2D eigenvalue weighted by Crippen LogP contribution is 2.45. The van der Waals surface area contributed by atoms with Gasteiger partial charge in [-0.2, -0.15) is 15.0 Å². The Morgan fingerprint density at radius 3 is 2.14 bits per heavy atom. The molecule has 1 aliphatic carbocycles. The molecule has 2 fully saturated rings. The van der Waals surface area contributed by atoms with Gasteiger partial charge in [-0.25, -0.2) is 0 Å². The first-order valence-corrected chi connectivity index (χ1v) is 5.30. The molecule has 0 amide bonds. The van der Waals surface area contributed by atoms with Crippen molar-refractivity contribution < 1.29 is 0 Å². The van der Waals surface area contributed by atoms with Crippen LogP contribution in [0.4, 0.5) is 5.95 Å². The fourth-order valence-electron chi connectivity index (χ4n) is 2.02. The van der Waals surface area contributed by atoms with Crippen molar-refractivity contribution in [1.82, 2.24) is 15.0 Å². The third-order valence-corrected chi connectivity index (χ3v) is 3.17. The molecule has 1 aromatic heterocycles. The van der Waals surface area contributed by atoms with Gasteiger partial charge in [0, 0.05) is 13.1 Å². The molecule has 1 aliphatic heterocycles. The number of hydrogen-bond donors (Lipinski definition) is 0. The number of anilines is 1. The minimum Gasteiger partial charge on any atom is -0.340 e. The highest BCUT2D eigenvalue weighted by molar-refractivity contribution is 6.31. The molecule has 4 nitrogen and oxygen atoms in total. The summed E-state index contributed by atoms with van der Waals surface area (Å²) in [6.45, 7) is 2.06. The average molecular weight is 231 g/mol. The van der Waals surface area contributed by atoms with E-state index >= 15 is 0 Å². The fourth-order valence-corrected chi connectivity index (χ4v) is 2.37. The molecular weight excluding hydrogens is 223 g/mol. The molecule has 1 saturated carbocycles. The lowest BCUT2D eigenvalue weighted by Crippen LogP contribution is -2.24. The maximum atomic E-state index is 5.70. The molecule has 0 radical (unpaired) electrons. The fraction of sp³-hybridized carbons (Fsp3) is 0.625. The van der Waals surface area contributed by atoms with Crippen molar-refractivity contribution in [2.75, 3.05) is 18.0 Å². The third kappa shape index (κ3) is 1.42. The quantitative estimate of drug-likeness (QED) is 0.736. The summed E-state index contributed by atoms with van der Waals surface area (Å²) in [5, 5.41) is 0.334. The Balaban J connectivity index is 1.88. The van der Waals surface area contributed by atoms with Crippen LogP contribution in [-0.2, 0) is 0 Å². The van der Waals surface area contributed by atoms with E-state index in [1.807, 2.05) is 0 Å². The molecule has 2 unspecified atom stereocenters. The van der Waals surface area contributed by atoms with E-state index in [1.54, 1.807) is 0 Å². The van der Waals surface area contributed by atoms with Crippen molar-refractivity contribution in [2.24, 2.45) is 11.8 Å². The Labute approximate surface area is 91.3 Å². The summed E-state index contributed by atoms with van der Waals surface area (Å²) in [7, 11) is 0. The van der Waals surface area contributed by atoms with Gasteiger partial charge in [0.15, 0.2) is 0 Å². The molecule has 1 aromatic rings. The number of aromatic nitrogens is 3. The highest BCUT2D eigenvalue weighted by atomic mass is 35.5. The molecule has 6 heteroatoms. The van der Waals surface area contributed by atoms with E-state index in [9.17, 15) is 0 Å². The van der Waals surface area contributed by atoms with E-state index in [4.69, 9.17) is 23.2 Å². The summed E-state index contributed by atoms with van der Waals surface area (Å²) in [5.74, 6) is 2.29. The Morgan fingerprint density at radius 1 is 1.00 bits per heavy atom. The van der Waals surface area contributed by atoms with Gasteiger partial charge < -0.3 is 4.90 Å². The van der Waals surface area contributed by atoms with Crippen LogP contribution in [0, 0.1) is 11.8 Å². The molecule has 0 bridgehead atoms. The lowest BCUT2D eigenvalue weighted by molar-refractivity contribution is 0.781. The van der Waals surface area contributed by atoms with Gasteiger partial charge in [0.2, 0.25) is 16.5 Å². The molecule has 1 saturated heterocycles. The molecule has 0 N–H and O–H groups in total. The lowest BCUT2D eigenvalue weighted by Gasteiger charge is -2.17. The number of fused-ring (bicyclic) bond motifs is 1. The van der Waals surface area contributed by atoms with Crippen LogP contribution >= 0.6 is 23.2 Å². The van der Waals surface area contributed by atoms with E-state index in [0.717, 1.165) is 24.9 Å². The first-order chi connectivity index (χ1) is 6.72. The van der Waals surface area contributed by atoms with E-state index in [2.05, 4.69) is 19.9 Å². The number of halogens is 2. The van der Waals surface area contributed by atoms with Crippen molar-refractivity contribution >= 4 is 29.2 Å². The second-order valence-corrected chi connectivity index (χ2v) is 4.51. The highest BCUT2D eigenvalue weighted by Gasteiger charge is 2.45. The van der Waals surface area contributed by atoms with E-state index in [-0.39, 0.29) is 10.6 Å². The number of hydrogen-bond acceptors (Lipinski definition) is 4. The molecular formula is C8H8Cl2N4. The summed E-state index contributed by atoms with van der Waals surface area (Å²) < 4.78 is 0. The molecule has 2 heterocycles. The zero-order valence-electron chi connectivity index (χ0n) is 7.32. The van der Waals surface area contributed by atoms with Crippen molar-refractivity contribution in [3.8, 4) is 0 Å². The molecule has 2 aliphatic rings. The van der Waals surface area contributed by atoms with Crippen LogP contribution in [0.1, 0.15) is 6.42 Å². The van der Waals surface area contributed by atoms with Crippen LogP contribution in [-0.4, -0.2) is 28.0 Å². The van der Waals surface area contributed by atoms with Crippen molar-refractivity contribution in [2.45, 2.75) is 6.42 Å². The number of nitrogens with zero attached hydrogens (tertiary/aromatic N) is 4. The van der Waals surface area contributed by atoms with Crippen molar-refractivity contribution in [3.05, 3.63) is 10.6 Å². The molecule has 74 valence electrons. The molecule has 14 heavy (non-hydrogen) atoms. The van der Waals surface area contributed by atoms with E-state index in [0.29, 0.717) is 5.95 Å². The second-order valence-electron chi connectivity index (χ2n) is 3.83. The molecule has 0 spiro atoms. The molecule has 0 aromatic carbocycles. The molecule has 3 rings (SSSR count). The van der Waals surface area contributed by atoms with Gasteiger partial charge in [0.25, 0.3) is 0 Å². The van der Waals surface area contributed by atoms with Crippen LogP contribution in [0.15, 0.2) is 0 Å². The summed E-state index contributed by atoms with van der Waals surface area (Å²) in [5.41, 5.74) is 0. The maximum absolute atomic E-state index is 5.70. The summed E-state index contributed by atoms with van der Waals surface area (Å²) in [6, 6.07) is 0. The monoisotopic (exact) mass is 230 g/mol. The van der Waals surface area contributed by atoms with E-state index in [1.165, 1.54) is 6.42 Å². The summed E-state index contributed by atoms with van der Waals surface area (Å²) in [4.78, 5) is 14.0. The average Bonchev–Trinajstić information content (AvgIpc) is 2.72. The zero-order chi connectivity index (χ0) is 9.71. The van der Waals surface area contributed by atoms with Crippen LogP contribution in [0.2, 0.25) is 10.6 Å². The number of piperidine rings is 1. The van der Waals surface area contributed by atoms with Gasteiger partial charge in [-0.05, 0) is 41.5 Å². The van der Waals surface area contributed by atoms with E-state index < -0.39 is 0 Å². The van der Waals surface area contributed by atoms with Crippen molar-refractivity contribution in [3.63, 3.8) is 0 Å². The Kier molecular flexibility index (Phi) is 1.82. The normalized spacial score (nSPS) is 29.1. The van der Waals surface area contributed by atoms with Gasteiger partial charge in [-0.1, -0.05) is 0 Å². The SMILES string of the molecule is Clc1nc(Cl)nc(N2CC3CC3C2)n1. The topological polar surface area (TPSA) is 41.9 Å². The van der Waals surface area contributed by atoms with Crippen LogP contribution < -0.4 is 4.90 Å². The van der Waals surface area contributed by atoms with Crippen LogP contribution in [0.3, 0.4) is 0 Å². The van der Waals surface area contributed by atoms with Gasteiger partial charge in [-0.3, -0.25) is 0 Å². The lowest BCUT2D eigenvalue weighted by atomic mass is 10.4. The smallest absolute Gasteiger partial charge is 0.230 e. The van der Waals surface area contributed by atoms with Gasteiger partial charge in [-0.15, -0.1) is 0 Å². The predicted molar refractivity (Wildman–Crippen MR) is 53.7 cm³/mol. The Bertz CT molecular complexity index is 353. The second kappa shape index (κ2) is 2.94. The first-order valence-electron chi connectivity index (χ1n) is 4.54. The zero-order valence-corrected chi connectivity index (χ0v) is 8.83. The standard InChI is InChI=1S/C8H8Cl2N4/c9-6-11-7(10)13-8(12-6)14-2-4-1-5(4)3-14/h4-5H,1-3H2. The van der Waals surface area contributed by atoms with Crippen molar-refractivity contribution in [1.29, 1.82) is 0 Å². The van der Waals surface area contributed by atoms with Gasteiger partial charge in [0.1, 0.15) is 0 Å². The van der Waals surface area contributed by atoms with Crippen LogP contribution in [0.5, 0.6) is 0 Å². The van der Waals surface area contributed by atoms with Crippen LogP contribution in [0.25, 0.3) is 0 Å². The first kappa shape index (κ1) is 8.68. The minimum atomic E-state index is 0.167. The largest absolute Gasteiger partial charge is 0.340 e. The van der Waals surface area contributed by atoms with Gasteiger partial charge >= 0.3 is 0 Å².